The van der Waals surface area contributed by atoms with E-state index in [-0.39, 0.29) is 5.60 Å². The van der Waals surface area contributed by atoms with Gasteiger partial charge in [0.05, 0.1) is 6.54 Å². The van der Waals surface area contributed by atoms with E-state index in [1.54, 1.807) is 0 Å². The van der Waals surface area contributed by atoms with Crippen LogP contribution in [0.15, 0.2) is 12.5 Å². The maximum atomic E-state index is 5.88. The molecule has 2 heteroatoms. The van der Waals surface area contributed by atoms with E-state index in [2.05, 4.69) is 25.5 Å². The molecule has 2 rings (SSSR count). The van der Waals surface area contributed by atoms with E-state index in [1.165, 1.54) is 25.7 Å². The smallest absolute Gasteiger partial charge is 0.182 e. The molecule has 0 N–H and O–H groups in total. The van der Waals surface area contributed by atoms with Crippen LogP contribution < -0.4 is 0 Å². The van der Waals surface area contributed by atoms with Crippen LogP contribution in [0.4, 0.5) is 0 Å². The molecule has 1 saturated heterocycles. The molecule has 2 nitrogen and oxygen atoms in total. The van der Waals surface area contributed by atoms with E-state index in [0.717, 1.165) is 18.3 Å². The van der Waals surface area contributed by atoms with E-state index in [0.29, 0.717) is 0 Å². The molecule has 2 aliphatic rings. The van der Waals surface area contributed by atoms with Crippen molar-refractivity contribution in [1.29, 1.82) is 0 Å². The Hall–Kier alpha value is -0.660. The van der Waals surface area contributed by atoms with Crippen molar-refractivity contribution in [3.05, 3.63) is 12.5 Å². The van der Waals surface area contributed by atoms with E-state index in [9.17, 15) is 0 Å². The van der Waals surface area contributed by atoms with Crippen molar-refractivity contribution in [2.24, 2.45) is 5.92 Å². The number of hydrogen-bond donors (Lipinski definition) is 0. The Morgan fingerprint density at radius 1 is 1.46 bits per heavy atom. The van der Waals surface area contributed by atoms with Crippen LogP contribution in [0.1, 0.15) is 32.6 Å². The minimum absolute atomic E-state index is 0.123. The molecule has 0 unspecified atom stereocenters. The van der Waals surface area contributed by atoms with Gasteiger partial charge < -0.3 is 9.64 Å². The molecule has 74 valence electrons. The van der Waals surface area contributed by atoms with E-state index in [4.69, 9.17) is 4.74 Å². The first kappa shape index (κ1) is 8.92. The highest BCUT2D eigenvalue weighted by atomic mass is 16.5. The molecule has 1 heterocycles. The molecule has 1 spiro atoms. The molecule has 1 saturated carbocycles. The zero-order valence-electron chi connectivity index (χ0n) is 8.68. The second-order valence-electron chi connectivity index (χ2n) is 4.72. The minimum atomic E-state index is 0.123. The summed E-state index contributed by atoms with van der Waals surface area (Å²) >= 11 is 0. The lowest BCUT2D eigenvalue weighted by Crippen LogP contribution is -2.37. The quantitative estimate of drug-likeness (QED) is 0.569. The number of hydrogen-bond acceptors (Lipinski definition) is 2. The molecule has 0 amide bonds. The Bertz CT molecular complexity index is 216. The lowest BCUT2D eigenvalue weighted by atomic mass is 9.79. The zero-order valence-corrected chi connectivity index (χ0v) is 8.68. The van der Waals surface area contributed by atoms with Gasteiger partial charge in [0.1, 0.15) is 5.60 Å². The molecule has 0 aromatic heterocycles. The summed E-state index contributed by atoms with van der Waals surface area (Å²) in [4.78, 5) is 2.13. The first-order valence-corrected chi connectivity index (χ1v) is 5.20. The van der Waals surface area contributed by atoms with Gasteiger partial charge in [0, 0.05) is 7.05 Å². The molecule has 13 heavy (non-hydrogen) atoms. The summed E-state index contributed by atoms with van der Waals surface area (Å²) in [6.07, 6.45) is 5.03. The van der Waals surface area contributed by atoms with Crippen molar-refractivity contribution < 1.29 is 4.74 Å². The van der Waals surface area contributed by atoms with Crippen LogP contribution in [-0.2, 0) is 4.74 Å². The molecule has 0 radical (unpaired) electrons. The van der Waals surface area contributed by atoms with Gasteiger partial charge in [-0.2, -0.15) is 0 Å². The SMILES string of the molecule is C=C1OC2(CCC(C)CC2)CN1C. The summed E-state index contributed by atoms with van der Waals surface area (Å²) in [6.45, 7) is 7.28. The average molecular weight is 181 g/mol. The van der Waals surface area contributed by atoms with Crippen molar-refractivity contribution in [3.63, 3.8) is 0 Å². The molecular formula is C11H19NO. The third-order valence-electron chi connectivity index (χ3n) is 3.47. The van der Waals surface area contributed by atoms with E-state index < -0.39 is 0 Å². The standard InChI is InChI=1S/C11H19NO/c1-9-4-6-11(7-5-9)8-12(3)10(2)13-11/h9H,2,4-8H2,1,3H3. The van der Waals surface area contributed by atoms with Gasteiger partial charge in [0.25, 0.3) is 0 Å². The lowest BCUT2D eigenvalue weighted by molar-refractivity contribution is 0.00505. The Kier molecular flexibility index (Phi) is 2.01. The van der Waals surface area contributed by atoms with Crippen LogP contribution in [0.5, 0.6) is 0 Å². The van der Waals surface area contributed by atoms with Gasteiger partial charge in [-0.15, -0.1) is 0 Å². The Morgan fingerprint density at radius 3 is 2.54 bits per heavy atom. The van der Waals surface area contributed by atoms with Crippen molar-refractivity contribution in [2.45, 2.75) is 38.2 Å². The topological polar surface area (TPSA) is 12.5 Å². The van der Waals surface area contributed by atoms with Gasteiger partial charge in [-0.25, -0.2) is 0 Å². The maximum absolute atomic E-state index is 5.88. The molecule has 1 aliphatic heterocycles. The predicted octanol–water partition coefficient (Wildman–Crippen LogP) is 2.37. The Morgan fingerprint density at radius 2 is 2.08 bits per heavy atom. The summed E-state index contributed by atoms with van der Waals surface area (Å²) in [5, 5.41) is 0. The summed E-state index contributed by atoms with van der Waals surface area (Å²) in [7, 11) is 2.06. The largest absolute Gasteiger partial charge is 0.471 e. The normalized spacial score (nSPS) is 39.7. The van der Waals surface area contributed by atoms with Crippen LogP contribution in [0, 0.1) is 5.92 Å². The summed E-state index contributed by atoms with van der Waals surface area (Å²) < 4.78 is 5.88. The summed E-state index contributed by atoms with van der Waals surface area (Å²) in [6, 6.07) is 0. The van der Waals surface area contributed by atoms with Crippen LogP contribution in [-0.4, -0.2) is 24.1 Å². The van der Waals surface area contributed by atoms with Crippen molar-refractivity contribution in [1.82, 2.24) is 4.90 Å². The third-order valence-corrected chi connectivity index (χ3v) is 3.47. The van der Waals surface area contributed by atoms with Gasteiger partial charge in [0.15, 0.2) is 5.88 Å². The highest BCUT2D eigenvalue weighted by Gasteiger charge is 2.42. The van der Waals surface area contributed by atoms with Crippen molar-refractivity contribution >= 4 is 0 Å². The second kappa shape index (κ2) is 2.93. The van der Waals surface area contributed by atoms with Crippen molar-refractivity contribution in [2.75, 3.05) is 13.6 Å². The second-order valence-corrected chi connectivity index (χ2v) is 4.72. The lowest BCUT2D eigenvalue weighted by Gasteiger charge is -2.34. The third kappa shape index (κ3) is 1.54. The molecular weight excluding hydrogens is 162 g/mol. The van der Waals surface area contributed by atoms with Gasteiger partial charge >= 0.3 is 0 Å². The van der Waals surface area contributed by atoms with Gasteiger partial charge in [-0.05, 0) is 38.2 Å². The maximum Gasteiger partial charge on any atom is 0.182 e. The fourth-order valence-corrected chi connectivity index (χ4v) is 2.43. The first-order valence-electron chi connectivity index (χ1n) is 5.20. The fraction of sp³-hybridized carbons (Fsp3) is 0.818. The molecule has 0 bridgehead atoms. The number of rotatable bonds is 0. The van der Waals surface area contributed by atoms with Crippen molar-refractivity contribution in [3.8, 4) is 0 Å². The average Bonchev–Trinajstić information content (AvgIpc) is 2.36. The fourth-order valence-electron chi connectivity index (χ4n) is 2.43. The van der Waals surface area contributed by atoms with Crippen LogP contribution >= 0.6 is 0 Å². The van der Waals surface area contributed by atoms with Gasteiger partial charge in [0.2, 0.25) is 0 Å². The highest BCUT2D eigenvalue weighted by molar-refractivity contribution is 5.02. The number of likely N-dealkylation sites (N-methyl/N-ethyl adjacent to an activating group) is 1. The number of ether oxygens (including phenoxy) is 1. The highest BCUT2D eigenvalue weighted by Crippen LogP contribution is 2.40. The summed E-state index contributed by atoms with van der Waals surface area (Å²) in [5.41, 5.74) is 0.123. The van der Waals surface area contributed by atoms with E-state index >= 15 is 0 Å². The molecule has 0 aromatic carbocycles. The van der Waals surface area contributed by atoms with Crippen LogP contribution in [0.3, 0.4) is 0 Å². The number of nitrogens with zero attached hydrogens (tertiary/aromatic N) is 1. The van der Waals surface area contributed by atoms with Gasteiger partial charge in [-0.1, -0.05) is 6.92 Å². The Balaban J connectivity index is 2.03. The Labute approximate surface area is 80.6 Å². The first-order chi connectivity index (χ1) is 6.11. The van der Waals surface area contributed by atoms with Gasteiger partial charge in [-0.3, -0.25) is 0 Å². The molecule has 0 aromatic rings. The monoisotopic (exact) mass is 181 g/mol. The zero-order chi connectivity index (χ0) is 9.47. The van der Waals surface area contributed by atoms with Crippen LogP contribution in [0.25, 0.3) is 0 Å². The van der Waals surface area contributed by atoms with Crippen LogP contribution in [0.2, 0.25) is 0 Å². The molecule has 2 fully saturated rings. The van der Waals surface area contributed by atoms with E-state index in [1.807, 2.05) is 0 Å². The predicted molar refractivity (Wildman–Crippen MR) is 53.2 cm³/mol. The summed E-state index contributed by atoms with van der Waals surface area (Å²) in [5.74, 6) is 1.74. The minimum Gasteiger partial charge on any atom is -0.471 e. The molecule has 0 atom stereocenters. The molecule has 1 aliphatic carbocycles.